The van der Waals surface area contributed by atoms with Crippen molar-refractivity contribution in [1.29, 1.82) is 0 Å². The Morgan fingerprint density at radius 1 is 1.05 bits per heavy atom. The zero-order valence-corrected chi connectivity index (χ0v) is 10.4. The van der Waals surface area contributed by atoms with Crippen molar-refractivity contribution in [3.8, 4) is 17.2 Å². The van der Waals surface area contributed by atoms with E-state index in [9.17, 15) is 20.1 Å². The molecule has 0 amide bonds. The van der Waals surface area contributed by atoms with Gasteiger partial charge < -0.3 is 20.1 Å². The van der Waals surface area contributed by atoms with Crippen LogP contribution in [-0.2, 0) is 0 Å². The molecule has 102 valence electrons. The van der Waals surface area contributed by atoms with Crippen molar-refractivity contribution in [2.45, 2.75) is 12.2 Å². The van der Waals surface area contributed by atoms with E-state index in [2.05, 4.69) is 0 Å². The van der Waals surface area contributed by atoms with Gasteiger partial charge in [0.25, 0.3) is 0 Å². The zero-order chi connectivity index (χ0) is 14.3. The summed E-state index contributed by atoms with van der Waals surface area (Å²) < 4.78 is 5.57. The molecule has 3 N–H and O–H groups in total. The molecule has 0 fully saturated rings. The summed E-state index contributed by atoms with van der Waals surface area (Å²) in [5.41, 5.74) is 0.532. The number of aliphatic hydroxyl groups excluding tert-OH is 1. The van der Waals surface area contributed by atoms with Gasteiger partial charge in [-0.25, -0.2) is 0 Å². The van der Waals surface area contributed by atoms with Gasteiger partial charge in [-0.2, -0.15) is 0 Å². The highest BCUT2D eigenvalue weighted by Gasteiger charge is 2.38. The number of carbonyl (C=O) groups is 1. The fraction of sp³-hybridized carbons (Fsp3) is 0.133. The molecule has 1 unspecified atom stereocenters. The second-order valence-corrected chi connectivity index (χ2v) is 4.60. The van der Waals surface area contributed by atoms with Crippen molar-refractivity contribution in [3.05, 3.63) is 53.6 Å². The number of ketones is 1. The average Bonchev–Trinajstić information content (AvgIpc) is 2.43. The molecule has 2 aromatic carbocycles. The van der Waals surface area contributed by atoms with Crippen LogP contribution in [0.1, 0.15) is 22.0 Å². The molecule has 2 aromatic rings. The number of phenolic OH excluding ortho intramolecular Hbond substituents is 2. The molecule has 0 bridgehead atoms. The molecule has 1 heterocycles. The second-order valence-electron chi connectivity index (χ2n) is 4.60. The van der Waals surface area contributed by atoms with Crippen LogP contribution >= 0.6 is 0 Å². The molecule has 5 heteroatoms. The molecule has 0 radical (unpaired) electrons. The van der Waals surface area contributed by atoms with Gasteiger partial charge in [0.1, 0.15) is 22.8 Å². The maximum atomic E-state index is 12.2. The standard InChI is InChI=1S/C15H12O5/c16-9-6-10(17)12-11(7-9)20-15(14(19)13(12)18)8-4-2-1-3-5-8/h1-7,14-17,19H/t14-,15?/m0/s1. The lowest BCUT2D eigenvalue weighted by Gasteiger charge is -2.30. The normalized spacial score (nSPS) is 21.1. The predicted molar refractivity (Wildman–Crippen MR) is 69.9 cm³/mol. The van der Waals surface area contributed by atoms with Crippen molar-refractivity contribution in [2.24, 2.45) is 0 Å². The second kappa shape index (κ2) is 4.54. The molecule has 20 heavy (non-hydrogen) atoms. The number of phenols is 2. The van der Waals surface area contributed by atoms with Gasteiger partial charge in [0.15, 0.2) is 12.2 Å². The fourth-order valence-electron chi connectivity index (χ4n) is 2.31. The minimum absolute atomic E-state index is 0.0617. The van der Waals surface area contributed by atoms with Gasteiger partial charge in [-0.1, -0.05) is 30.3 Å². The van der Waals surface area contributed by atoms with Gasteiger partial charge in [-0.05, 0) is 5.56 Å². The summed E-state index contributed by atoms with van der Waals surface area (Å²) in [6, 6.07) is 11.1. The molecule has 0 saturated heterocycles. The number of rotatable bonds is 1. The summed E-state index contributed by atoms with van der Waals surface area (Å²) in [6.07, 6.45) is -2.27. The number of aromatic hydroxyl groups is 2. The van der Waals surface area contributed by atoms with Crippen LogP contribution in [0.5, 0.6) is 17.2 Å². The highest BCUT2D eigenvalue weighted by atomic mass is 16.5. The Labute approximate surface area is 114 Å². The quantitative estimate of drug-likeness (QED) is 0.736. The summed E-state index contributed by atoms with van der Waals surface area (Å²) in [6.45, 7) is 0. The van der Waals surface area contributed by atoms with Gasteiger partial charge in [0, 0.05) is 12.1 Å². The molecule has 0 saturated carbocycles. The van der Waals surface area contributed by atoms with E-state index >= 15 is 0 Å². The number of Topliss-reactive ketones (excluding diaryl/α,β-unsaturated/α-hetero) is 1. The maximum absolute atomic E-state index is 12.2. The highest BCUT2D eigenvalue weighted by molar-refractivity contribution is 6.05. The number of hydrogen-bond acceptors (Lipinski definition) is 5. The van der Waals surface area contributed by atoms with Crippen LogP contribution in [0.4, 0.5) is 0 Å². The summed E-state index contributed by atoms with van der Waals surface area (Å²) in [5, 5.41) is 29.3. The number of hydrogen-bond donors (Lipinski definition) is 3. The van der Waals surface area contributed by atoms with Crippen LogP contribution < -0.4 is 4.74 Å². The van der Waals surface area contributed by atoms with E-state index in [0.29, 0.717) is 5.56 Å². The third-order valence-electron chi connectivity index (χ3n) is 3.25. The summed E-state index contributed by atoms with van der Waals surface area (Å²) in [5.74, 6) is -1.18. The van der Waals surface area contributed by atoms with Crippen molar-refractivity contribution >= 4 is 5.78 Å². The zero-order valence-electron chi connectivity index (χ0n) is 10.4. The lowest BCUT2D eigenvalue weighted by atomic mass is 9.93. The molecular formula is C15H12O5. The Kier molecular flexibility index (Phi) is 2.84. The van der Waals surface area contributed by atoms with E-state index in [1.165, 1.54) is 6.07 Å². The topological polar surface area (TPSA) is 87.0 Å². The van der Waals surface area contributed by atoms with Gasteiger partial charge in [0.2, 0.25) is 5.78 Å². The lowest BCUT2D eigenvalue weighted by molar-refractivity contribution is 0.0211. The SMILES string of the molecule is O=C1c2c(O)cc(O)cc2OC(c2ccccc2)[C@H]1O. The Morgan fingerprint density at radius 2 is 1.75 bits per heavy atom. The first-order chi connectivity index (χ1) is 9.58. The molecule has 3 rings (SSSR count). The average molecular weight is 272 g/mol. The first-order valence-corrected chi connectivity index (χ1v) is 6.08. The number of fused-ring (bicyclic) bond motifs is 1. The van der Waals surface area contributed by atoms with E-state index in [1.807, 2.05) is 6.07 Å². The summed E-state index contributed by atoms with van der Waals surface area (Å²) in [4.78, 5) is 12.2. The minimum Gasteiger partial charge on any atom is -0.508 e. The largest absolute Gasteiger partial charge is 0.508 e. The van der Waals surface area contributed by atoms with Gasteiger partial charge >= 0.3 is 0 Å². The first kappa shape index (κ1) is 12.5. The van der Waals surface area contributed by atoms with Crippen molar-refractivity contribution in [1.82, 2.24) is 0 Å². The van der Waals surface area contributed by atoms with Gasteiger partial charge in [0.05, 0.1) is 0 Å². The van der Waals surface area contributed by atoms with E-state index in [1.54, 1.807) is 24.3 Å². The third kappa shape index (κ3) is 1.88. The Bertz CT molecular complexity index is 665. The minimum atomic E-state index is -1.40. The van der Waals surface area contributed by atoms with Crippen LogP contribution in [0, 0.1) is 0 Å². The Hall–Kier alpha value is -2.53. The number of benzene rings is 2. The molecule has 2 atom stereocenters. The number of carbonyl (C=O) groups excluding carboxylic acids is 1. The Morgan fingerprint density at radius 3 is 2.45 bits per heavy atom. The van der Waals surface area contributed by atoms with Gasteiger partial charge in [-0.15, -0.1) is 0 Å². The van der Waals surface area contributed by atoms with E-state index in [-0.39, 0.29) is 17.1 Å². The smallest absolute Gasteiger partial charge is 0.202 e. The predicted octanol–water partition coefficient (Wildman–Crippen LogP) is 1.78. The van der Waals surface area contributed by atoms with E-state index < -0.39 is 23.7 Å². The molecular weight excluding hydrogens is 260 g/mol. The van der Waals surface area contributed by atoms with Crippen LogP contribution in [0.2, 0.25) is 0 Å². The van der Waals surface area contributed by atoms with E-state index in [0.717, 1.165) is 6.07 Å². The van der Waals surface area contributed by atoms with Crippen LogP contribution in [0.3, 0.4) is 0 Å². The molecule has 1 aliphatic rings. The maximum Gasteiger partial charge on any atom is 0.202 e. The molecule has 0 aromatic heterocycles. The van der Waals surface area contributed by atoms with Gasteiger partial charge in [-0.3, -0.25) is 4.79 Å². The highest BCUT2D eigenvalue weighted by Crippen LogP contribution is 2.41. The monoisotopic (exact) mass is 272 g/mol. The number of aliphatic hydroxyl groups is 1. The van der Waals surface area contributed by atoms with Crippen molar-refractivity contribution in [2.75, 3.05) is 0 Å². The number of ether oxygens (including phenoxy) is 1. The van der Waals surface area contributed by atoms with Crippen LogP contribution in [0.15, 0.2) is 42.5 Å². The first-order valence-electron chi connectivity index (χ1n) is 6.08. The Balaban J connectivity index is 2.09. The summed E-state index contributed by atoms with van der Waals surface area (Å²) >= 11 is 0. The molecule has 5 nitrogen and oxygen atoms in total. The third-order valence-corrected chi connectivity index (χ3v) is 3.25. The molecule has 1 aliphatic heterocycles. The molecule has 0 spiro atoms. The van der Waals surface area contributed by atoms with Crippen LogP contribution in [0.25, 0.3) is 0 Å². The van der Waals surface area contributed by atoms with Crippen molar-refractivity contribution in [3.63, 3.8) is 0 Å². The fourth-order valence-corrected chi connectivity index (χ4v) is 2.31. The summed E-state index contributed by atoms with van der Waals surface area (Å²) in [7, 11) is 0. The van der Waals surface area contributed by atoms with E-state index in [4.69, 9.17) is 4.74 Å². The lowest BCUT2D eigenvalue weighted by Crippen LogP contribution is -2.36. The molecule has 0 aliphatic carbocycles. The van der Waals surface area contributed by atoms with Crippen molar-refractivity contribution < 1.29 is 24.9 Å². The van der Waals surface area contributed by atoms with Crippen LogP contribution in [-0.4, -0.2) is 27.2 Å².